The molecule has 0 spiro atoms. The molecule has 0 amide bonds. The van der Waals surface area contributed by atoms with Crippen molar-refractivity contribution in [2.75, 3.05) is 5.32 Å². The maximum atomic E-state index is 13.1. The molecule has 2 rings (SSSR count). The van der Waals surface area contributed by atoms with E-state index in [1.807, 2.05) is 18.2 Å². The Balaban J connectivity index is 2.33. The van der Waals surface area contributed by atoms with Gasteiger partial charge in [-0.1, -0.05) is 24.3 Å². The van der Waals surface area contributed by atoms with Crippen molar-refractivity contribution in [3.63, 3.8) is 0 Å². The second-order valence-corrected chi connectivity index (χ2v) is 4.28. The third-order valence-electron chi connectivity index (χ3n) is 2.87. The van der Waals surface area contributed by atoms with Gasteiger partial charge < -0.3 is 10.4 Å². The molecule has 19 heavy (non-hydrogen) atoms. The summed E-state index contributed by atoms with van der Waals surface area (Å²) in [5, 5.41) is 12.3. The molecule has 98 valence electrons. The van der Waals surface area contributed by atoms with Crippen LogP contribution in [0.15, 0.2) is 48.5 Å². The standard InChI is InChI=1S/C15H14FNO2/c1-10-9-11(16)7-8-13(10)14(15(18)19)17-12-5-3-2-4-6-12/h2-9,14,17H,1H3,(H,18,19). The van der Waals surface area contributed by atoms with Gasteiger partial charge in [-0.05, 0) is 42.3 Å². The number of halogens is 1. The zero-order chi connectivity index (χ0) is 13.8. The van der Waals surface area contributed by atoms with Crippen molar-refractivity contribution in [3.8, 4) is 0 Å². The van der Waals surface area contributed by atoms with Gasteiger partial charge in [-0.3, -0.25) is 0 Å². The van der Waals surface area contributed by atoms with Gasteiger partial charge in [-0.15, -0.1) is 0 Å². The van der Waals surface area contributed by atoms with Crippen molar-refractivity contribution in [2.45, 2.75) is 13.0 Å². The number of carbonyl (C=O) groups is 1. The summed E-state index contributed by atoms with van der Waals surface area (Å²) >= 11 is 0. The van der Waals surface area contributed by atoms with Crippen LogP contribution in [0.25, 0.3) is 0 Å². The molecule has 2 aromatic carbocycles. The van der Waals surface area contributed by atoms with Crippen molar-refractivity contribution in [3.05, 3.63) is 65.5 Å². The van der Waals surface area contributed by atoms with Crippen LogP contribution in [0.2, 0.25) is 0 Å². The molecule has 0 aliphatic carbocycles. The third kappa shape index (κ3) is 3.10. The van der Waals surface area contributed by atoms with Gasteiger partial charge in [0.2, 0.25) is 0 Å². The van der Waals surface area contributed by atoms with Crippen LogP contribution in [0.3, 0.4) is 0 Å². The Morgan fingerprint density at radius 2 is 1.89 bits per heavy atom. The van der Waals surface area contributed by atoms with E-state index in [4.69, 9.17) is 0 Å². The molecular weight excluding hydrogens is 245 g/mol. The zero-order valence-corrected chi connectivity index (χ0v) is 10.4. The zero-order valence-electron chi connectivity index (χ0n) is 10.4. The number of hydrogen-bond acceptors (Lipinski definition) is 2. The first kappa shape index (κ1) is 13.1. The Morgan fingerprint density at radius 3 is 2.47 bits per heavy atom. The quantitative estimate of drug-likeness (QED) is 0.885. The van der Waals surface area contributed by atoms with Gasteiger partial charge in [0.15, 0.2) is 6.04 Å². The van der Waals surface area contributed by atoms with Crippen molar-refractivity contribution >= 4 is 11.7 Å². The maximum absolute atomic E-state index is 13.1. The number of carboxylic acids is 1. The smallest absolute Gasteiger partial charge is 0.330 e. The van der Waals surface area contributed by atoms with Crippen LogP contribution < -0.4 is 5.32 Å². The van der Waals surface area contributed by atoms with Gasteiger partial charge in [0.05, 0.1) is 0 Å². The number of aryl methyl sites for hydroxylation is 1. The number of para-hydroxylation sites is 1. The molecule has 2 N–H and O–H groups in total. The van der Waals surface area contributed by atoms with Gasteiger partial charge in [0, 0.05) is 5.69 Å². The van der Waals surface area contributed by atoms with E-state index >= 15 is 0 Å². The maximum Gasteiger partial charge on any atom is 0.330 e. The van der Waals surface area contributed by atoms with E-state index in [2.05, 4.69) is 5.32 Å². The lowest BCUT2D eigenvalue weighted by Gasteiger charge is -2.18. The Bertz CT molecular complexity index is 584. The van der Waals surface area contributed by atoms with Gasteiger partial charge in [0.25, 0.3) is 0 Å². The second-order valence-electron chi connectivity index (χ2n) is 4.28. The number of carboxylic acid groups (broad SMARTS) is 1. The van der Waals surface area contributed by atoms with Gasteiger partial charge >= 0.3 is 5.97 Å². The van der Waals surface area contributed by atoms with Crippen LogP contribution in [-0.2, 0) is 4.79 Å². The molecule has 2 aromatic rings. The first-order valence-electron chi connectivity index (χ1n) is 5.88. The summed E-state index contributed by atoms with van der Waals surface area (Å²) in [4.78, 5) is 11.4. The van der Waals surface area contributed by atoms with E-state index in [1.54, 1.807) is 19.1 Å². The molecule has 0 aliphatic heterocycles. The normalized spacial score (nSPS) is 11.9. The molecule has 0 bridgehead atoms. The van der Waals surface area contributed by atoms with Crippen LogP contribution in [0.1, 0.15) is 17.2 Å². The molecule has 3 nitrogen and oxygen atoms in total. The van der Waals surface area contributed by atoms with Crippen LogP contribution in [0.4, 0.5) is 10.1 Å². The van der Waals surface area contributed by atoms with E-state index in [0.29, 0.717) is 16.8 Å². The molecule has 0 saturated carbocycles. The van der Waals surface area contributed by atoms with Gasteiger partial charge in [-0.25, -0.2) is 9.18 Å². The van der Waals surface area contributed by atoms with Crippen molar-refractivity contribution < 1.29 is 14.3 Å². The largest absolute Gasteiger partial charge is 0.479 e. The molecule has 0 heterocycles. The highest BCUT2D eigenvalue weighted by Gasteiger charge is 2.21. The summed E-state index contributed by atoms with van der Waals surface area (Å²) in [7, 11) is 0. The van der Waals surface area contributed by atoms with E-state index in [9.17, 15) is 14.3 Å². The summed E-state index contributed by atoms with van der Waals surface area (Å²) in [5.41, 5.74) is 1.87. The molecule has 0 aliphatic rings. The summed E-state index contributed by atoms with van der Waals surface area (Å²) < 4.78 is 13.1. The number of anilines is 1. The molecule has 1 atom stereocenters. The highest BCUT2D eigenvalue weighted by atomic mass is 19.1. The molecule has 0 fully saturated rings. The van der Waals surface area contributed by atoms with E-state index < -0.39 is 12.0 Å². The minimum absolute atomic E-state index is 0.370. The van der Waals surface area contributed by atoms with Crippen molar-refractivity contribution in [1.82, 2.24) is 0 Å². The minimum Gasteiger partial charge on any atom is -0.479 e. The molecular formula is C15H14FNO2. The molecule has 0 aromatic heterocycles. The topological polar surface area (TPSA) is 49.3 Å². The highest BCUT2D eigenvalue weighted by molar-refractivity contribution is 5.79. The SMILES string of the molecule is Cc1cc(F)ccc1C(Nc1ccccc1)C(=O)O. The van der Waals surface area contributed by atoms with E-state index in [-0.39, 0.29) is 5.82 Å². The Kier molecular flexibility index (Phi) is 3.80. The van der Waals surface area contributed by atoms with Crippen molar-refractivity contribution in [1.29, 1.82) is 0 Å². The van der Waals surface area contributed by atoms with Crippen LogP contribution in [0, 0.1) is 12.7 Å². The fourth-order valence-corrected chi connectivity index (χ4v) is 1.94. The fourth-order valence-electron chi connectivity index (χ4n) is 1.94. The lowest BCUT2D eigenvalue weighted by atomic mass is 10.0. The Morgan fingerprint density at radius 1 is 1.21 bits per heavy atom. The Hall–Kier alpha value is -2.36. The number of rotatable bonds is 4. The fraction of sp³-hybridized carbons (Fsp3) is 0.133. The minimum atomic E-state index is -1.00. The number of benzene rings is 2. The average molecular weight is 259 g/mol. The summed E-state index contributed by atoms with van der Waals surface area (Å²) in [5.74, 6) is -1.37. The molecule has 0 radical (unpaired) electrons. The lowest BCUT2D eigenvalue weighted by Crippen LogP contribution is -2.21. The first-order valence-corrected chi connectivity index (χ1v) is 5.88. The van der Waals surface area contributed by atoms with E-state index in [1.165, 1.54) is 18.2 Å². The molecule has 4 heteroatoms. The van der Waals surface area contributed by atoms with Crippen LogP contribution in [-0.4, -0.2) is 11.1 Å². The monoisotopic (exact) mass is 259 g/mol. The molecule has 0 saturated heterocycles. The highest BCUT2D eigenvalue weighted by Crippen LogP contribution is 2.23. The number of aliphatic carboxylic acids is 1. The molecule has 1 unspecified atom stereocenters. The average Bonchev–Trinajstić information content (AvgIpc) is 2.38. The van der Waals surface area contributed by atoms with E-state index in [0.717, 1.165) is 0 Å². The third-order valence-corrected chi connectivity index (χ3v) is 2.87. The van der Waals surface area contributed by atoms with Crippen LogP contribution in [0.5, 0.6) is 0 Å². The second kappa shape index (κ2) is 5.52. The Labute approximate surface area is 110 Å². The number of hydrogen-bond donors (Lipinski definition) is 2. The summed E-state index contributed by atoms with van der Waals surface area (Å²) in [6.07, 6.45) is 0. The predicted octanol–water partition coefficient (Wildman–Crippen LogP) is 3.37. The van der Waals surface area contributed by atoms with Crippen molar-refractivity contribution in [2.24, 2.45) is 0 Å². The predicted molar refractivity (Wildman–Crippen MR) is 71.6 cm³/mol. The van der Waals surface area contributed by atoms with Crippen LogP contribution >= 0.6 is 0 Å². The van der Waals surface area contributed by atoms with Gasteiger partial charge in [0.1, 0.15) is 5.82 Å². The summed E-state index contributed by atoms with van der Waals surface area (Å²) in [6.45, 7) is 1.70. The van der Waals surface area contributed by atoms with Gasteiger partial charge in [-0.2, -0.15) is 0 Å². The summed E-state index contributed by atoms with van der Waals surface area (Å²) in [6, 6.07) is 12.3. The lowest BCUT2D eigenvalue weighted by molar-refractivity contribution is -0.138. The first-order chi connectivity index (χ1) is 9.08. The number of nitrogens with one attached hydrogen (secondary N) is 1.